The van der Waals surface area contributed by atoms with Gasteiger partial charge in [-0.05, 0) is 66.2 Å². The van der Waals surface area contributed by atoms with E-state index in [1.165, 1.54) is 0 Å². The van der Waals surface area contributed by atoms with Crippen molar-refractivity contribution < 1.29 is 57.0 Å². The average Bonchev–Trinajstić information content (AvgIpc) is 3.14. The highest BCUT2D eigenvalue weighted by Crippen LogP contribution is 2.07. The van der Waals surface area contributed by atoms with Crippen molar-refractivity contribution in [3.8, 4) is 0 Å². The van der Waals surface area contributed by atoms with Gasteiger partial charge in [-0.1, -0.05) is 6.58 Å². The van der Waals surface area contributed by atoms with Crippen LogP contribution in [0.15, 0.2) is 12.3 Å². The third-order valence-electron chi connectivity index (χ3n) is 7.30. The van der Waals surface area contributed by atoms with Gasteiger partial charge >= 0.3 is 0 Å². The lowest BCUT2D eigenvalue weighted by atomic mass is 10.1. The van der Waals surface area contributed by atoms with Crippen molar-refractivity contribution in [1.29, 1.82) is 0 Å². The predicted octanol–water partition coefficient (Wildman–Crippen LogP) is 1.75. The normalized spacial score (nSPS) is 12.3. The summed E-state index contributed by atoms with van der Waals surface area (Å²) < 4.78 is 48.2. The molecule has 0 aliphatic rings. The van der Waals surface area contributed by atoms with Crippen LogP contribution in [0.5, 0.6) is 0 Å². The molecule has 0 aromatic heterocycles. The summed E-state index contributed by atoms with van der Waals surface area (Å²) in [6, 6.07) is -0.589. The molecule has 0 fully saturated rings. The highest BCUT2D eigenvalue weighted by atomic mass is 16.6. The van der Waals surface area contributed by atoms with Crippen LogP contribution in [0.1, 0.15) is 66.2 Å². The second-order valence-corrected chi connectivity index (χ2v) is 12.0. The molecule has 0 aromatic rings. The topological polar surface area (TPSA) is 182 Å². The van der Waals surface area contributed by atoms with Crippen molar-refractivity contribution in [2.75, 3.05) is 132 Å². The first-order valence-corrected chi connectivity index (χ1v) is 19.3. The Morgan fingerprint density at radius 3 is 1.30 bits per heavy atom. The number of carbonyl (C=O) groups excluding carboxylic acids is 3. The molecule has 0 spiro atoms. The predicted molar refractivity (Wildman–Crippen MR) is 202 cm³/mol. The van der Waals surface area contributed by atoms with Crippen LogP contribution in [-0.4, -0.2) is 162 Å². The summed E-state index contributed by atoms with van der Waals surface area (Å²) in [6.07, 6.45) is 4.28. The molecule has 0 rings (SSSR count). The fourth-order valence-electron chi connectivity index (χ4n) is 4.55. The van der Waals surface area contributed by atoms with Gasteiger partial charge in [0.25, 0.3) is 0 Å². The summed E-state index contributed by atoms with van der Waals surface area (Å²) in [5.41, 5.74) is 0.591. The molecule has 0 aromatic carbocycles. The lowest BCUT2D eigenvalue weighted by Gasteiger charge is -2.23. The molecule has 2 unspecified atom stereocenters. The summed E-state index contributed by atoms with van der Waals surface area (Å²) in [4.78, 5) is 37.4. The first-order chi connectivity index (χ1) is 25.8. The van der Waals surface area contributed by atoms with E-state index in [9.17, 15) is 14.4 Å². The third kappa shape index (κ3) is 36.3. The van der Waals surface area contributed by atoms with Crippen molar-refractivity contribution in [3.05, 3.63) is 12.3 Å². The largest absolute Gasteiger partial charge is 0.379 e. The van der Waals surface area contributed by atoms with Crippen molar-refractivity contribution in [3.63, 3.8) is 0 Å². The highest BCUT2D eigenvalue weighted by Gasteiger charge is 2.20. The zero-order valence-electron chi connectivity index (χ0n) is 33.1. The van der Waals surface area contributed by atoms with Crippen LogP contribution in [0.3, 0.4) is 0 Å². The van der Waals surface area contributed by atoms with Crippen LogP contribution >= 0.6 is 0 Å². The van der Waals surface area contributed by atoms with E-state index in [0.717, 1.165) is 19.3 Å². The summed E-state index contributed by atoms with van der Waals surface area (Å²) in [6.45, 7) is 20.4. The lowest BCUT2D eigenvalue weighted by molar-refractivity contribution is -0.127. The number of rotatable bonds is 41. The average molecular weight is 765 g/mol. The van der Waals surface area contributed by atoms with Gasteiger partial charge in [0.1, 0.15) is 19.3 Å². The number of ether oxygens (including phenoxy) is 9. The maximum atomic E-state index is 13.3. The van der Waals surface area contributed by atoms with E-state index in [-0.39, 0.29) is 43.6 Å². The molecule has 4 N–H and O–H groups in total. The lowest BCUT2D eigenvalue weighted by Crippen LogP contribution is -2.47. The Morgan fingerprint density at radius 1 is 0.491 bits per heavy atom. The van der Waals surface area contributed by atoms with Crippen molar-refractivity contribution in [2.45, 2.75) is 78.3 Å². The molecule has 0 heterocycles. The van der Waals surface area contributed by atoms with Crippen LogP contribution in [0.2, 0.25) is 0 Å². The minimum atomic E-state index is -0.521. The molecular formula is C37H72N4O12. The highest BCUT2D eigenvalue weighted by molar-refractivity contribution is 5.82. The van der Waals surface area contributed by atoms with Crippen molar-refractivity contribution >= 4 is 17.7 Å². The van der Waals surface area contributed by atoms with Crippen LogP contribution in [0.4, 0.5) is 0 Å². The molecule has 16 heteroatoms. The summed E-state index contributed by atoms with van der Waals surface area (Å²) in [5, 5.41) is 12.0. The third-order valence-corrected chi connectivity index (χ3v) is 7.30. The fourth-order valence-corrected chi connectivity index (χ4v) is 4.55. The van der Waals surface area contributed by atoms with E-state index in [2.05, 4.69) is 27.8 Å². The fraction of sp³-hybridized carbons (Fsp3) is 0.865. The monoisotopic (exact) mass is 765 g/mol. The van der Waals surface area contributed by atoms with E-state index >= 15 is 0 Å². The standard InChI is InChI=1S/C37H72N4O12/c1-6-45-17-20-48-23-26-51-29-33(5)40-34(14-10-12-16-39-36(43)31-53-28-25-50-22-19-47-8-3)37(44)41-32(4)13-9-11-15-38-35(42)30-52-27-24-49-21-18-46-7-2/h32,34,40H,5-31H2,1-4H3,(H,38,42)(H,39,43)(H,41,44). The second-order valence-electron chi connectivity index (χ2n) is 12.0. The molecule has 0 radical (unpaired) electrons. The number of amides is 3. The van der Waals surface area contributed by atoms with Crippen LogP contribution < -0.4 is 21.3 Å². The SMILES string of the molecule is C=C(COCCOCCOCC)NC(CCCCNC(=O)COCCOCCOCC)C(=O)NC(C)CCCCNC(=O)COCCOCCOCC. The van der Waals surface area contributed by atoms with Crippen LogP contribution in [-0.2, 0) is 57.0 Å². The van der Waals surface area contributed by atoms with Crippen LogP contribution in [0.25, 0.3) is 0 Å². The Balaban J connectivity index is 4.46. The van der Waals surface area contributed by atoms with E-state index in [1.54, 1.807) is 0 Å². The number of hydrogen-bond acceptors (Lipinski definition) is 13. The molecule has 0 bridgehead atoms. The zero-order chi connectivity index (χ0) is 39.0. The van der Waals surface area contributed by atoms with Gasteiger partial charge in [0.2, 0.25) is 17.7 Å². The molecule has 312 valence electrons. The summed E-state index contributed by atoms with van der Waals surface area (Å²) in [7, 11) is 0. The minimum absolute atomic E-state index is 0.0129. The maximum absolute atomic E-state index is 13.3. The first-order valence-electron chi connectivity index (χ1n) is 19.3. The Hall–Kier alpha value is -2.41. The van der Waals surface area contributed by atoms with Gasteiger partial charge in [0, 0.05) is 44.6 Å². The van der Waals surface area contributed by atoms with Crippen molar-refractivity contribution in [1.82, 2.24) is 21.3 Å². The Kier molecular flexibility index (Phi) is 37.5. The van der Waals surface area contributed by atoms with Crippen LogP contribution in [0, 0.1) is 0 Å². The number of nitrogens with one attached hydrogen (secondary N) is 4. The quantitative estimate of drug-likeness (QED) is 0.0662. The van der Waals surface area contributed by atoms with E-state index < -0.39 is 6.04 Å². The number of hydrogen-bond donors (Lipinski definition) is 4. The minimum Gasteiger partial charge on any atom is -0.379 e. The van der Waals surface area contributed by atoms with Gasteiger partial charge in [0.15, 0.2) is 0 Å². The molecule has 0 aliphatic heterocycles. The molecule has 16 nitrogen and oxygen atoms in total. The van der Waals surface area contributed by atoms with Gasteiger partial charge < -0.3 is 63.9 Å². The first kappa shape index (κ1) is 50.6. The molecule has 0 saturated carbocycles. The van der Waals surface area contributed by atoms with E-state index in [1.807, 2.05) is 27.7 Å². The van der Waals surface area contributed by atoms with E-state index in [4.69, 9.17) is 42.6 Å². The summed E-state index contributed by atoms with van der Waals surface area (Å²) in [5.74, 6) is -0.502. The Bertz CT molecular complexity index is 887. The molecule has 3 amide bonds. The molecule has 2 atom stereocenters. The van der Waals surface area contributed by atoms with Gasteiger partial charge in [-0.25, -0.2) is 0 Å². The van der Waals surface area contributed by atoms with Gasteiger partial charge in [0.05, 0.1) is 85.9 Å². The molecule has 53 heavy (non-hydrogen) atoms. The molecular weight excluding hydrogens is 692 g/mol. The zero-order valence-corrected chi connectivity index (χ0v) is 33.1. The van der Waals surface area contributed by atoms with Gasteiger partial charge in [-0.2, -0.15) is 0 Å². The molecule has 0 aliphatic carbocycles. The summed E-state index contributed by atoms with van der Waals surface area (Å²) >= 11 is 0. The van der Waals surface area contributed by atoms with Gasteiger partial charge in [-0.15, -0.1) is 0 Å². The van der Waals surface area contributed by atoms with Gasteiger partial charge in [-0.3, -0.25) is 14.4 Å². The Labute approximate surface area is 318 Å². The maximum Gasteiger partial charge on any atom is 0.245 e. The molecule has 0 saturated heterocycles. The number of carbonyl (C=O) groups is 3. The Morgan fingerprint density at radius 2 is 0.868 bits per heavy atom. The smallest absolute Gasteiger partial charge is 0.245 e. The second kappa shape index (κ2) is 39.3. The number of unbranched alkanes of at least 4 members (excludes halogenated alkanes) is 2. The van der Waals surface area contributed by atoms with Crippen molar-refractivity contribution in [2.24, 2.45) is 0 Å². The van der Waals surface area contributed by atoms with E-state index in [0.29, 0.717) is 137 Å².